The second-order valence-electron chi connectivity index (χ2n) is 8.20. The monoisotopic (exact) mass is 414 g/mol. The van der Waals surface area contributed by atoms with Crippen molar-refractivity contribution in [3.05, 3.63) is 64.7 Å². The summed E-state index contributed by atoms with van der Waals surface area (Å²) >= 11 is 0. The summed E-state index contributed by atoms with van der Waals surface area (Å²) in [4.78, 5) is 12.9. The Balaban J connectivity index is 1.79. The highest BCUT2D eigenvalue weighted by atomic mass is 32.2. The van der Waals surface area contributed by atoms with Crippen molar-refractivity contribution in [1.29, 1.82) is 0 Å². The number of amides is 1. The number of benzene rings is 2. The van der Waals surface area contributed by atoms with E-state index in [1.165, 1.54) is 9.87 Å². The van der Waals surface area contributed by atoms with Crippen LogP contribution in [0.5, 0.6) is 0 Å². The topological polar surface area (TPSA) is 66.5 Å². The van der Waals surface area contributed by atoms with E-state index in [2.05, 4.69) is 51.2 Å². The van der Waals surface area contributed by atoms with Crippen LogP contribution >= 0.6 is 0 Å². The van der Waals surface area contributed by atoms with Gasteiger partial charge >= 0.3 is 0 Å². The lowest BCUT2D eigenvalue weighted by atomic mass is 9.91. The first-order valence-corrected chi connectivity index (χ1v) is 11.8. The van der Waals surface area contributed by atoms with Gasteiger partial charge in [0, 0.05) is 12.1 Å². The molecule has 1 atom stereocenters. The summed E-state index contributed by atoms with van der Waals surface area (Å²) in [7, 11) is -3.25. The first-order valence-electron chi connectivity index (χ1n) is 10.2. The number of rotatable bonds is 5. The molecule has 0 bridgehead atoms. The van der Waals surface area contributed by atoms with Crippen LogP contribution in [0.3, 0.4) is 0 Å². The van der Waals surface area contributed by atoms with Crippen LogP contribution in [0.1, 0.15) is 59.8 Å². The lowest BCUT2D eigenvalue weighted by molar-refractivity contribution is 0.0925. The van der Waals surface area contributed by atoms with Crippen LogP contribution in [0, 0.1) is 19.8 Å². The van der Waals surface area contributed by atoms with Gasteiger partial charge in [-0.2, -0.15) is 0 Å². The molecule has 1 amide bonds. The van der Waals surface area contributed by atoms with E-state index in [-0.39, 0.29) is 23.6 Å². The molecule has 1 aliphatic heterocycles. The number of hydrogen-bond acceptors (Lipinski definition) is 3. The van der Waals surface area contributed by atoms with Gasteiger partial charge in [0.1, 0.15) is 0 Å². The minimum Gasteiger partial charge on any atom is -0.345 e. The van der Waals surface area contributed by atoms with Crippen LogP contribution in [0.2, 0.25) is 0 Å². The van der Waals surface area contributed by atoms with Crippen LogP contribution < -0.4 is 9.62 Å². The molecule has 1 aliphatic rings. The smallest absolute Gasteiger partial charge is 0.251 e. The largest absolute Gasteiger partial charge is 0.345 e. The molecule has 0 aromatic heterocycles. The zero-order chi connectivity index (χ0) is 21.2. The number of nitrogens with one attached hydrogen (secondary N) is 1. The van der Waals surface area contributed by atoms with Crippen LogP contribution in [0.15, 0.2) is 42.5 Å². The van der Waals surface area contributed by atoms with Gasteiger partial charge in [0.25, 0.3) is 5.91 Å². The molecule has 1 N–H and O–H groups in total. The van der Waals surface area contributed by atoms with Crippen molar-refractivity contribution in [3.8, 4) is 0 Å². The van der Waals surface area contributed by atoms with Gasteiger partial charge in [-0.1, -0.05) is 37.6 Å². The first kappa shape index (κ1) is 21.4. The molecule has 0 spiro atoms. The standard InChI is InChI=1S/C23H30N2O3S/c1-16(2)22(21-12-7-17(3)15-18(21)4)24-23(26)19-8-10-20(11-9-19)25-13-5-6-14-29(25,27)28/h7-12,15-16,22H,5-6,13-14H2,1-4H3,(H,24,26)/t22-/m1/s1. The average Bonchev–Trinajstić information content (AvgIpc) is 2.66. The molecule has 3 rings (SSSR count). The first-order chi connectivity index (χ1) is 13.7. The van der Waals surface area contributed by atoms with Gasteiger partial charge in [-0.05, 0) is 68.0 Å². The highest BCUT2D eigenvalue weighted by molar-refractivity contribution is 7.92. The van der Waals surface area contributed by atoms with E-state index in [0.717, 1.165) is 17.5 Å². The molecule has 0 aliphatic carbocycles. The summed E-state index contributed by atoms with van der Waals surface area (Å²) in [6.07, 6.45) is 1.56. The third kappa shape index (κ3) is 4.81. The second kappa shape index (κ2) is 8.57. The van der Waals surface area contributed by atoms with E-state index in [4.69, 9.17) is 0 Å². The van der Waals surface area contributed by atoms with Crippen molar-refractivity contribution < 1.29 is 13.2 Å². The Morgan fingerprint density at radius 3 is 2.31 bits per heavy atom. The molecular weight excluding hydrogens is 384 g/mol. The maximum atomic E-state index is 12.9. The lowest BCUT2D eigenvalue weighted by Crippen LogP contribution is -2.37. The van der Waals surface area contributed by atoms with E-state index in [0.29, 0.717) is 24.2 Å². The Morgan fingerprint density at radius 2 is 1.72 bits per heavy atom. The van der Waals surface area contributed by atoms with Crippen LogP contribution in [0.4, 0.5) is 5.69 Å². The number of hydrogen-bond donors (Lipinski definition) is 1. The molecular formula is C23H30N2O3S. The fourth-order valence-electron chi connectivity index (χ4n) is 3.86. The summed E-state index contributed by atoms with van der Waals surface area (Å²) in [5, 5.41) is 3.15. The predicted molar refractivity (Wildman–Crippen MR) is 118 cm³/mol. The van der Waals surface area contributed by atoms with Crippen LogP contribution in [0.25, 0.3) is 0 Å². The molecule has 0 saturated carbocycles. The van der Waals surface area contributed by atoms with Gasteiger partial charge in [0.2, 0.25) is 10.0 Å². The molecule has 1 saturated heterocycles. The van der Waals surface area contributed by atoms with Crippen molar-refractivity contribution in [2.75, 3.05) is 16.6 Å². The third-order valence-electron chi connectivity index (χ3n) is 5.48. The highest BCUT2D eigenvalue weighted by Crippen LogP contribution is 2.27. The van der Waals surface area contributed by atoms with Gasteiger partial charge in [0.15, 0.2) is 0 Å². The summed E-state index contributed by atoms with van der Waals surface area (Å²) in [5.41, 5.74) is 4.63. The number of aryl methyl sites for hydroxylation is 2. The van der Waals surface area contributed by atoms with Crippen molar-refractivity contribution in [1.82, 2.24) is 5.32 Å². The third-order valence-corrected chi connectivity index (χ3v) is 7.35. The van der Waals surface area contributed by atoms with E-state index in [1.54, 1.807) is 24.3 Å². The number of sulfonamides is 1. The average molecular weight is 415 g/mol. The quantitative estimate of drug-likeness (QED) is 0.790. The minimum atomic E-state index is -3.25. The number of anilines is 1. The van der Waals surface area contributed by atoms with Crippen molar-refractivity contribution >= 4 is 21.6 Å². The maximum absolute atomic E-state index is 12.9. The van der Waals surface area contributed by atoms with Gasteiger partial charge < -0.3 is 5.32 Å². The van der Waals surface area contributed by atoms with Crippen LogP contribution in [-0.2, 0) is 10.0 Å². The second-order valence-corrected chi connectivity index (χ2v) is 10.2. The molecule has 5 nitrogen and oxygen atoms in total. The normalized spacial score (nSPS) is 17.2. The maximum Gasteiger partial charge on any atom is 0.251 e. The summed E-state index contributed by atoms with van der Waals surface area (Å²) < 4.78 is 26.0. The highest BCUT2D eigenvalue weighted by Gasteiger charge is 2.26. The SMILES string of the molecule is Cc1ccc([C@H](NC(=O)c2ccc(N3CCCCS3(=O)=O)cc2)C(C)C)c(C)c1. The van der Waals surface area contributed by atoms with Crippen molar-refractivity contribution in [2.24, 2.45) is 5.92 Å². The molecule has 1 fully saturated rings. The zero-order valence-electron chi connectivity index (χ0n) is 17.6. The molecule has 156 valence electrons. The molecule has 2 aromatic carbocycles. The zero-order valence-corrected chi connectivity index (χ0v) is 18.4. The summed E-state index contributed by atoms with van der Waals surface area (Å²) in [6.45, 7) is 8.81. The Hall–Kier alpha value is -2.34. The predicted octanol–water partition coefficient (Wildman–Crippen LogP) is 4.36. The Kier molecular flexibility index (Phi) is 6.32. The van der Waals surface area contributed by atoms with Gasteiger partial charge in [-0.3, -0.25) is 9.10 Å². The van der Waals surface area contributed by atoms with Crippen molar-refractivity contribution in [2.45, 2.75) is 46.6 Å². The summed E-state index contributed by atoms with van der Waals surface area (Å²) in [6, 6.07) is 13.0. The Bertz CT molecular complexity index is 982. The number of carbonyl (C=O) groups excluding carboxylic acids is 1. The van der Waals surface area contributed by atoms with E-state index in [1.807, 2.05) is 0 Å². The van der Waals surface area contributed by atoms with Crippen LogP contribution in [-0.4, -0.2) is 26.6 Å². The molecule has 1 heterocycles. The Morgan fingerprint density at radius 1 is 1.03 bits per heavy atom. The molecule has 29 heavy (non-hydrogen) atoms. The molecule has 2 aromatic rings. The molecule has 0 unspecified atom stereocenters. The van der Waals surface area contributed by atoms with E-state index in [9.17, 15) is 13.2 Å². The minimum absolute atomic E-state index is 0.0924. The number of carbonyl (C=O) groups is 1. The van der Waals surface area contributed by atoms with Gasteiger partial charge in [0.05, 0.1) is 17.5 Å². The fourth-order valence-corrected chi connectivity index (χ4v) is 5.50. The molecule has 6 heteroatoms. The summed E-state index contributed by atoms with van der Waals surface area (Å²) in [5.74, 6) is 0.260. The fraction of sp³-hybridized carbons (Fsp3) is 0.435. The van der Waals surface area contributed by atoms with Crippen molar-refractivity contribution in [3.63, 3.8) is 0 Å². The van der Waals surface area contributed by atoms with Gasteiger partial charge in [-0.15, -0.1) is 0 Å². The molecule has 0 radical (unpaired) electrons. The number of nitrogens with zero attached hydrogens (tertiary/aromatic N) is 1. The van der Waals surface area contributed by atoms with E-state index < -0.39 is 10.0 Å². The van der Waals surface area contributed by atoms with E-state index >= 15 is 0 Å². The Labute approximate surface area is 174 Å². The van der Waals surface area contributed by atoms with Gasteiger partial charge in [-0.25, -0.2) is 8.42 Å². The lowest BCUT2D eigenvalue weighted by Gasteiger charge is -2.28.